The smallest absolute Gasteiger partial charge is 0.287 e. The van der Waals surface area contributed by atoms with E-state index >= 15 is 0 Å². The first kappa shape index (κ1) is 19.2. The van der Waals surface area contributed by atoms with Crippen molar-refractivity contribution in [3.63, 3.8) is 0 Å². The number of rotatable bonds is 6. The van der Waals surface area contributed by atoms with E-state index in [9.17, 15) is 4.79 Å². The number of likely N-dealkylation sites (tertiary alicyclic amines) is 1. The van der Waals surface area contributed by atoms with Gasteiger partial charge in [-0.3, -0.25) is 9.69 Å². The normalized spacial score (nSPS) is 16.4. The summed E-state index contributed by atoms with van der Waals surface area (Å²) >= 11 is 1.77. The Labute approximate surface area is 170 Å². The largest absolute Gasteiger partial charge is 0.451 e. The molecule has 1 saturated heterocycles. The maximum absolute atomic E-state index is 12.9. The second-order valence-corrected chi connectivity index (χ2v) is 8.56. The van der Waals surface area contributed by atoms with Crippen LogP contribution < -0.4 is 5.32 Å². The first-order valence-corrected chi connectivity index (χ1v) is 11.1. The van der Waals surface area contributed by atoms with E-state index < -0.39 is 0 Å². The molecule has 0 radical (unpaired) electrons. The number of piperidine rings is 1. The molecule has 2 aromatic heterocycles. The van der Waals surface area contributed by atoms with Gasteiger partial charge in [-0.1, -0.05) is 25.5 Å². The van der Waals surface area contributed by atoms with Gasteiger partial charge in [0.25, 0.3) is 5.91 Å². The fourth-order valence-electron chi connectivity index (χ4n) is 4.09. The van der Waals surface area contributed by atoms with Gasteiger partial charge in [-0.25, -0.2) is 0 Å². The maximum Gasteiger partial charge on any atom is 0.287 e. The van der Waals surface area contributed by atoms with E-state index in [0.717, 1.165) is 36.0 Å². The highest BCUT2D eigenvalue weighted by molar-refractivity contribution is 7.10. The minimum absolute atomic E-state index is 0.120. The van der Waals surface area contributed by atoms with Crippen LogP contribution in [-0.4, -0.2) is 30.4 Å². The summed E-state index contributed by atoms with van der Waals surface area (Å²) in [6.45, 7) is 6.91. The van der Waals surface area contributed by atoms with Crippen molar-refractivity contribution < 1.29 is 9.21 Å². The highest BCUT2D eigenvalue weighted by Crippen LogP contribution is 2.29. The number of benzene rings is 1. The average molecular weight is 397 g/mol. The van der Waals surface area contributed by atoms with Crippen LogP contribution >= 0.6 is 11.3 Å². The first-order valence-electron chi connectivity index (χ1n) is 10.2. The number of thiophene rings is 1. The summed E-state index contributed by atoms with van der Waals surface area (Å²) in [5.41, 5.74) is 2.96. The lowest BCUT2D eigenvalue weighted by Gasteiger charge is -2.34. The van der Waals surface area contributed by atoms with Gasteiger partial charge in [-0.05, 0) is 68.4 Å². The van der Waals surface area contributed by atoms with Crippen LogP contribution in [0.3, 0.4) is 0 Å². The zero-order chi connectivity index (χ0) is 19.5. The fourth-order valence-corrected chi connectivity index (χ4v) is 4.96. The molecule has 0 spiro atoms. The van der Waals surface area contributed by atoms with E-state index in [2.05, 4.69) is 46.8 Å². The topological polar surface area (TPSA) is 45.5 Å². The van der Waals surface area contributed by atoms with Crippen LogP contribution in [0.15, 0.2) is 40.1 Å². The molecular weight excluding hydrogens is 368 g/mol. The molecule has 4 nitrogen and oxygen atoms in total. The Bertz CT molecular complexity index is 939. The number of nitrogens with zero attached hydrogens (tertiary/aromatic N) is 1. The second-order valence-electron chi connectivity index (χ2n) is 7.58. The molecule has 1 amide bonds. The van der Waals surface area contributed by atoms with E-state index in [4.69, 9.17) is 4.42 Å². The summed E-state index contributed by atoms with van der Waals surface area (Å²) in [6, 6.07) is 10.7. The highest BCUT2D eigenvalue weighted by Gasteiger charge is 2.25. The number of amides is 1. The molecule has 4 rings (SSSR count). The van der Waals surface area contributed by atoms with Crippen LogP contribution in [-0.2, 0) is 6.42 Å². The molecule has 148 valence electrons. The van der Waals surface area contributed by atoms with Crippen molar-refractivity contribution in [3.8, 4) is 0 Å². The molecule has 5 heteroatoms. The summed E-state index contributed by atoms with van der Waals surface area (Å²) in [6.07, 6.45) is 4.74. The van der Waals surface area contributed by atoms with Crippen molar-refractivity contribution in [2.75, 3.05) is 19.6 Å². The van der Waals surface area contributed by atoms with Gasteiger partial charge >= 0.3 is 0 Å². The minimum atomic E-state index is -0.120. The van der Waals surface area contributed by atoms with Crippen LogP contribution in [0.5, 0.6) is 0 Å². The summed E-state index contributed by atoms with van der Waals surface area (Å²) in [5, 5.41) is 6.30. The van der Waals surface area contributed by atoms with E-state index in [1.807, 2.05) is 13.0 Å². The Morgan fingerprint density at radius 3 is 2.79 bits per heavy atom. The Kier molecular flexibility index (Phi) is 5.83. The van der Waals surface area contributed by atoms with Crippen molar-refractivity contribution >= 4 is 28.2 Å². The molecular formula is C23H28N2O2S. The van der Waals surface area contributed by atoms with Crippen LogP contribution in [0.2, 0.25) is 0 Å². The molecule has 1 aliphatic rings. The summed E-state index contributed by atoms with van der Waals surface area (Å²) in [7, 11) is 0. The third kappa shape index (κ3) is 3.87. The number of hydrogen-bond donors (Lipinski definition) is 1. The number of carbonyl (C=O) groups excluding carboxylic acids is 1. The summed E-state index contributed by atoms with van der Waals surface area (Å²) in [4.78, 5) is 16.8. The molecule has 1 aromatic carbocycles. The quantitative estimate of drug-likeness (QED) is 0.613. The van der Waals surface area contributed by atoms with E-state index in [1.165, 1.54) is 29.7 Å². The van der Waals surface area contributed by atoms with Gasteiger partial charge in [0.05, 0.1) is 6.04 Å². The molecule has 3 aromatic rings. The number of aryl methyl sites for hydroxylation is 2. The molecule has 1 aliphatic heterocycles. The van der Waals surface area contributed by atoms with E-state index in [0.29, 0.717) is 12.3 Å². The Hall–Kier alpha value is -2.11. The van der Waals surface area contributed by atoms with Gasteiger partial charge in [0.15, 0.2) is 5.76 Å². The lowest BCUT2D eigenvalue weighted by atomic mass is 10.1. The Morgan fingerprint density at radius 1 is 1.25 bits per heavy atom. The fraction of sp³-hybridized carbons (Fsp3) is 0.435. The number of hydrogen-bond acceptors (Lipinski definition) is 4. The SMILES string of the molecule is CCc1ccc2oc(C(=O)NC[C@@H](c3cccs3)N3CCCCC3)c(C)c2c1. The van der Waals surface area contributed by atoms with Crippen LogP contribution in [0.25, 0.3) is 11.0 Å². The average Bonchev–Trinajstić information content (AvgIpc) is 3.37. The molecule has 0 unspecified atom stereocenters. The molecule has 3 heterocycles. The summed E-state index contributed by atoms with van der Waals surface area (Å²) in [5.74, 6) is 0.317. The highest BCUT2D eigenvalue weighted by atomic mass is 32.1. The Morgan fingerprint density at radius 2 is 2.07 bits per heavy atom. The maximum atomic E-state index is 12.9. The number of nitrogens with one attached hydrogen (secondary N) is 1. The van der Waals surface area contributed by atoms with Crippen molar-refractivity contribution in [1.29, 1.82) is 0 Å². The number of fused-ring (bicyclic) bond motifs is 1. The van der Waals surface area contributed by atoms with E-state index in [1.54, 1.807) is 11.3 Å². The molecule has 1 fully saturated rings. The Balaban J connectivity index is 1.52. The minimum Gasteiger partial charge on any atom is -0.451 e. The third-order valence-electron chi connectivity index (χ3n) is 5.77. The predicted molar refractivity (Wildman–Crippen MR) is 115 cm³/mol. The standard InChI is InChI=1S/C23H28N2O2S/c1-3-17-9-10-20-18(14-17)16(2)22(27-20)23(26)24-15-19(21-8-7-13-28-21)25-11-5-4-6-12-25/h7-10,13-14,19H,3-6,11-12,15H2,1-2H3,(H,24,26)/t19-/m0/s1. The molecule has 28 heavy (non-hydrogen) atoms. The third-order valence-corrected chi connectivity index (χ3v) is 6.75. The molecule has 1 atom stereocenters. The van der Waals surface area contributed by atoms with Gasteiger partial charge in [0.1, 0.15) is 5.58 Å². The zero-order valence-corrected chi connectivity index (χ0v) is 17.5. The summed E-state index contributed by atoms with van der Waals surface area (Å²) < 4.78 is 5.91. The van der Waals surface area contributed by atoms with Gasteiger partial charge in [-0.15, -0.1) is 11.3 Å². The zero-order valence-electron chi connectivity index (χ0n) is 16.7. The number of carbonyl (C=O) groups is 1. The van der Waals surface area contributed by atoms with Gasteiger partial charge < -0.3 is 9.73 Å². The van der Waals surface area contributed by atoms with Crippen molar-refractivity contribution in [1.82, 2.24) is 10.2 Å². The van der Waals surface area contributed by atoms with E-state index in [-0.39, 0.29) is 11.9 Å². The lowest BCUT2D eigenvalue weighted by Crippen LogP contribution is -2.40. The number of furan rings is 1. The monoisotopic (exact) mass is 396 g/mol. The van der Waals surface area contributed by atoms with Crippen LogP contribution in [0.4, 0.5) is 0 Å². The van der Waals surface area contributed by atoms with Crippen LogP contribution in [0, 0.1) is 6.92 Å². The second kappa shape index (κ2) is 8.50. The van der Waals surface area contributed by atoms with Crippen LogP contribution in [0.1, 0.15) is 58.8 Å². The van der Waals surface area contributed by atoms with Crippen molar-refractivity contribution in [2.45, 2.75) is 45.6 Å². The lowest BCUT2D eigenvalue weighted by molar-refractivity contribution is 0.0899. The molecule has 1 N–H and O–H groups in total. The first-order chi connectivity index (χ1) is 13.7. The molecule has 0 saturated carbocycles. The van der Waals surface area contributed by atoms with Gasteiger partial charge in [0.2, 0.25) is 0 Å². The van der Waals surface area contributed by atoms with Gasteiger partial charge in [-0.2, -0.15) is 0 Å². The van der Waals surface area contributed by atoms with Gasteiger partial charge in [0, 0.05) is 22.4 Å². The predicted octanol–water partition coefficient (Wildman–Crippen LogP) is 5.32. The van der Waals surface area contributed by atoms with Crippen molar-refractivity contribution in [2.24, 2.45) is 0 Å². The molecule has 0 bridgehead atoms. The molecule has 0 aliphatic carbocycles. The van der Waals surface area contributed by atoms with Crippen molar-refractivity contribution in [3.05, 3.63) is 57.5 Å².